The van der Waals surface area contributed by atoms with Crippen molar-refractivity contribution in [2.24, 2.45) is 0 Å². The fraction of sp³-hybridized carbons (Fsp3) is 0. The van der Waals surface area contributed by atoms with E-state index in [9.17, 15) is 0 Å². The van der Waals surface area contributed by atoms with Crippen LogP contribution in [0.3, 0.4) is 0 Å². The molecule has 0 radical (unpaired) electrons. The van der Waals surface area contributed by atoms with E-state index in [4.69, 9.17) is 0 Å². The summed E-state index contributed by atoms with van der Waals surface area (Å²) < 4.78 is 0. The molecule has 0 heterocycles. The summed E-state index contributed by atoms with van der Waals surface area (Å²) in [5.41, 5.74) is 35.6. The minimum absolute atomic E-state index is 1.23. The Balaban J connectivity index is 1.09. The Bertz CT molecular complexity index is 3810. The summed E-state index contributed by atoms with van der Waals surface area (Å²) in [6.45, 7) is 0. The standard InChI is InChI=1S/C50H48B18/c51-33-19(25-21-23-29(39(57)35(25)53)45(63)49(67)47(65)31(23)43(61)41(59)27(21)37(33)55)17-8-2-6-15(11-17)13-4-1-5-14(10-13)16-7-3-9-18(12-16)20-26-22-24-30(40(58)36(26)54)46(64)50(68)48(66)32(24)44(62)42(60)28(22)38(56)34(20)52/h1-12H,51-68H2. The Labute approximate surface area is 418 Å². The third-order valence-electron chi connectivity index (χ3n) is 18.5. The maximum absolute atomic E-state index is 2.46. The molecule has 0 unspecified atom stereocenters. The number of hydrogen-bond acceptors (Lipinski definition) is 0. The highest BCUT2D eigenvalue weighted by molar-refractivity contribution is 6.77. The fourth-order valence-corrected chi connectivity index (χ4v) is 13.7. The Morgan fingerprint density at radius 3 is 0.603 bits per heavy atom. The van der Waals surface area contributed by atoms with Crippen molar-refractivity contribution < 1.29 is 0 Å². The maximum atomic E-state index is 2.46. The van der Waals surface area contributed by atoms with Gasteiger partial charge in [0, 0.05) is 0 Å². The van der Waals surface area contributed by atoms with Crippen LogP contribution >= 0.6 is 0 Å². The lowest BCUT2D eigenvalue weighted by Gasteiger charge is -2.29. The molecule has 0 saturated carbocycles. The smallest absolute Gasteiger partial charge is 0.100 e. The van der Waals surface area contributed by atoms with Crippen molar-refractivity contribution in [3.63, 3.8) is 0 Å². The summed E-state index contributed by atoms with van der Waals surface area (Å²) in [4.78, 5) is 0. The van der Waals surface area contributed by atoms with E-state index in [-0.39, 0.29) is 0 Å². The molecule has 0 bridgehead atoms. The summed E-state index contributed by atoms with van der Waals surface area (Å²) in [5, 5.41) is 17.3. The molecular weight excluding hydrogens is 795 g/mol. The maximum Gasteiger partial charge on any atom is 0.139 e. The van der Waals surface area contributed by atoms with Crippen molar-refractivity contribution in [1.82, 2.24) is 0 Å². The summed E-state index contributed by atoms with van der Waals surface area (Å²) >= 11 is 0. The lowest BCUT2D eigenvalue weighted by Crippen LogP contribution is -2.48. The van der Waals surface area contributed by atoms with Crippen LogP contribution in [-0.2, 0) is 0 Å². The Morgan fingerprint density at radius 1 is 0.162 bits per heavy atom. The SMILES string of the molecule is Bc1c(B)c2c(B)c(B)c3c(B)c(B)c(-c4cccc(-c5cccc(-c6cccc(-c7c(B)c(B)c8c(B)c(B)c9c(B)c(B)c(B)c%10c(B)c(B)c7c8c9%10)c6)c5)c4)c4c(B)c(B)c(c1B)c2c34. The van der Waals surface area contributed by atoms with Crippen LogP contribution in [0.15, 0.2) is 72.8 Å². The van der Waals surface area contributed by atoms with Crippen LogP contribution in [0.2, 0.25) is 0 Å². The zero-order valence-corrected chi connectivity index (χ0v) is 43.9. The molecule has 0 aromatic heterocycles. The van der Waals surface area contributed by atoms with Gasteiger partial charge in [-0.05, 0) is 127 Å². The minimum Gasteiger partial charge on any atom is -0.100 e. The van der Waals surface area contributed by atoms with Gasteiger partial charge in [-0.3, -0.25) is 0 Å². The predicted octanol–water partition coefficient (Wildman–Crippen LogP) is -17.2. The number of hydrogen-bond donors (Lipinski definition) is 0. The van der Waals surface area contributed by atoms with E-state index in [0.29, 0.717) is 0 Å². The summed E-state index contributed by atoms with van der Waals surface area (Å²) in [6.07, 6.45) is 0. The highest BCUT2D eigenvalue weighted by Crippen LogP contribution is 2.38. The zero-order valence-electron chi connectivity index (χ0n) is 43.9. The van der Waals surface area contributed by atoms with Gasteiger partial charge < -0.3 is 0 Å². The van der Waals surface area contributed by atoms with E-state index in [1.165, 1.54) is 207 Å². The Morgan fingerprint density at radius 2 is 0.338 bits per heavy atom. The molecule has 0 atom stereocenters. The van der Waals surface area contributed by atoms with Gasteiger partial charge in [-0.1, -0.05) is 142 Å². The Hall–Kier alpha value is -5.33. The topological polar surface area (TPSA) is 0 Å². The van der Waals surface area contributed by atoms with Crippen LogP contribution in [0.25, 0.3) is 109 Å². The largest absolute Gasteiger partial charge is 0.139 e. The third-order valence-corrected chi connectivity index (χ3v) is 18.5. The highest BCUT2D eigenvalue weighted by Gasteiger charge is 2.28. The number of benzene rings is 11. The summed E-state index contributed by atoms with van der Waals surface area (Å²) in [7, 11) is 42.4. The van der Waals surface area contributed by atoms with Gasteiger partial charge in [-0.15, -0.1) is 10.9 Å². The van der Waals surface area contributed by atoms with Crippen molar-refractivity contribution in [2.75, 3.05) is 0 Å². The quantitative estimate of drug-likeness (QED) is 0.122. The summed E-state index contributed by atoms with van der Waals surface area (Å²) in [6, 6.07) is 28.0. The minimum atomic E-state index is 1.23. The molecule has 0 saturated heterocycles. The van der Waals surface area contributed by atoms with E-state index in [0.717, 1.165) is 0 Å². The van der Waals surface area contributed by atoms with Crippen molar-refractivity contribution in [3.8, 4) is 44.5 Å². The first kappa shape index (κ1) is 45.1. The second kappa shape index (κ2) is 15.6. The van der Waals surface area contributed by atoms with E-state index >= 15 is 0 Å². The highest BCUT2D eigenvalue weighted by atomic mass is 14.3. The number of rotatable bonds is 4. The zero-order chi connectivity index (χ0) is 48.4. The molecule has 68 heavy (non-hydrogen) atoms. The molecule has 11 rings (SSSR count). The monoisotopic (exact) mass is 847 g/mol. The summed E-state index contributed by atoms with van der Waals surface area (Å²) in [5.74, 6) is 0. The van der Waals surface area contributed by atoms with Gasteiger partial charge in [0.25, 0.3) is 0 Å². The van der Waals surface area contributed by atoms with E-state index in [2.05, 4.69) is 214 Å². The van der Waals surface area contributed by atoms with Crippen LogP contribution < -0.4 is 98.3 Å². The lowest BCUT2D eigenvalue weighted by atomic mass is 9.58. The van der Waals surface area contributed by atoms with Crippen molar-refractivity contribution in [1.29, 1.82) is 0 Å². The van der Waals surface area contributed by atoms with Gasteiger partial charge in [0.15, 0.2) is 0 Å². The normalized spacial score (nSPS) is 12.0. The molecule has 0 aliphatic rings. The molecule has 11 aromatic carbocycles. The molecule has 0 fully saturated rings. The van der Waals surface area contributed by atoms with Gasteiger partial charge in [-0.2, -0.15) is 0 Å². The van der Waals surface area contributed by atoms with Crippen LogP contribution in [0, 0.1) is 0 Å². The molecule has 0 nitrogen and oxygen atoms in total. The molecule has 0 N–H and O–H groups in total. The van der Waals surface area contributed by atoms with Gasteiger partial charge in [0.1, 0.15) is 141 Å². The third kappa shape index (κ3) is 5.82. The Kier molecular flexibility index (Phi) is 10.3. The average molecular weight is 844 g/mol. The van der Waals surface area contributed by atoms with E-state index < -0.39 is 0 Å². The van der Waals surface area contributed by atoms with Crippen molar-refractivity contribution in [3.05, 3.63) is 72.8 Å². The average Bonchev–Trinajstić information content (AvgIpc) is 3.33. The second-order valence-corrected chi connectivity index (χ2v) is 21.2. The van der Waals surface area contributed by atoms with Crippen molar-refractivity contribution in [2.45, 2.75) is 0 Å². The van der Waals surface area contributed by atoms with Gasteiger partial charge in [0.2, 0.25) is 0 Å². The van der Waals surface area contributed by atoms with Crippen LogP contribution in [0.1, 0.15) is 0 Å². The van der Waals surface area contributed by atoms with Gasteiger partial charge in [-0.25, -0.2) is 0 Å². The molecule has 302 valence electrons. The first-order valence-electron chi connectivity index (χ1n) is 25.0. The van der Waals surface area contributed by atoms with Gasteiger partial charge >= 0.3 is 0 Å². The first-order valence-corrected chi connectivity index (χ1v) is 25.0. The molecule has 11 aromatic rings. The van der Waals surface area contributed by atoms with Gasteiger partial charge in [0.05, 0.1) is 0 Å². The van der Waals surface area contributed by atoms with Crippen molar-refractivity contribution >= 4 is 304 Å². The van der Waals surface area contributed by atoms with Crippen LogP contribution in [0.5, 0.6) is 0 Å². The van der Waals surface area contributed by atoms with E-state index in [1.807, 2.05) is 0 Å². The second-order valence-electron chi connectivity index (χ2n) is 21.2. The van der Waals surface area contributed by atoms with E-state index in [1.54, 1.807) is 0 Å². The fourth-order valence-electron chi connectivity index (χ4n) is 13.7. The molecule has 18 heteroatoms. The predicted molar refractivity (Wildman–Crippen MR) is 363 cm³/mol. The lowest BCUT2D eigenvalue weighted by molar-refractivity contribution is 1.58. The molecule has 0 amide bonds. The molecule has 0 spiro atoms. The first-order chi connectivity index (χ1) is 32.3. The van der Waals surface area contributed by atoms with Crippen LogP contribution in [-0.4, -0.2) is 141 Å². The molecular formula is C50H48B18. The van der Waals surface area contributed by atoms with Crippen LogP contribution in [0.4, 0.5) is 0 Å². The molecule has 0 aliphatic carbocycles. The molecule has 0 aliphatic heterocycles.